The Morgan fingerprint density at radius 2 is 2.21 bits per heavy atom. The maximum Gasteiger partial charge on any atom is 0.120 e. The van der Waals surface area contributed by atoms with Gasteiger partial charge < -0.3 is 19.9 Å². The van der Waals surface area contributed by atoms with Crippen molar-refractivity contribution in [2.75, 3.05) is 33.4 Å². The normalized spacial score (nSPS) is 12.4. The Kier molecular flexibility index (Phi) is 8.58. The van der Waals surface area contributed by atoms with E-state index in [-0.39, 0.29) is 6.61 Å². The van der Waals surface area contributed by atoms with Gasteiger partial charge in [0.05, 0.1) is 0 Å². The zero-order valence-electron chi connectivity index (χ0n) is 11.3. The molecule has 19 heavy (non-hydrogen) atoms. The van der Waals surface area contributed by atoms with Gasteiger partial charge in [0.25, 0.3) is 0 Å². The lowest BCUT2D eigenvalue weighted by Crippen LogP contribution is -2.32. The largest absolute Gasteiger partial charge is 0.491 e. The predicted octanol–water partition coefficient (Wildman–Crippen LogP) is 2.10. The molecule has 0 aromatic heterocycles. The SMILES string of the molecule is COCCCCNCC(O)COc1cccc(Cl)c1. The Morgan fingerprint density at radius 3 is 2.95 bits per heavy atom. The fourth-order valence-corrected chi connectivity index (χ4v) is 1.75. The molecule has 0 fully saturated rings. The fraction of sp³-hybridized carbons (Fsp3) is 0.571. The van der Waals surface area contributed by atoms with E-state index in [9.17, 15) is 5.11 Å². The van der Waals surface area contributed by atoms with Crippen molar-refractivity contribution in [1.29, 1.82) is 0 Å². The van der Waals surface area contributed by atoms with Crippen LogP contribution in [0.15, 0.2) is 24.3 Å². The van der Waals surface area contributed by atoms with Crippen LogP contribution in [0.1, 0.15) is 12.8 Å². The summed E-state index contributed by atoms with van der Waals surface area (Å²) in [6.45, 7) is 2.43. The summed E-state index contributed by atoms with van der Waals surface area (Å²) >= 11 is 5.84. The molecule has 1 unspecified atom stereocenters. The van der Waals surface area contributed by atoms with E-state index in [0.717, 1.165) is 26.0 Å². The third-order valence-electron chi connectivity index (χ3n) is 2.57. The van der Waals surface area contributed by atoms with Gasteiger partial charge in [-0.05, 0) is 37.6 Å². The summed E-state index contributed by atoms with van der Waals surface area (Å²) in [6, 6.07) is 7.15. The van der Waals surface area contributed by atoms with Crippen LogP contribution in [0, 0.1) is 0 Å². The van der Waals surface area contributed by atoms with E-state index in [1.54, 1.807) is 19.2 Å². The Bertz CT molecular complexity index is 349. The molecule has 1 rings (SSSR count). The van der Waals surface area contributed by atoms with Crippen LogP contribution in [0.2, 0.25) is 5.02 Å². The van der Waals surface area contributed by atoms with Crippen molar-refractivity contribution >= 4 is 11.6 Å². The highest BCUT2D eigenvalue weighted by Crippen LogP contribution is 2.17. The van der Waals surface area contributed by atoms with Gasteiger partial charge in [0.15, 0.2) is 0 Å². The average Bonchev–Trinajstić information content (AvgIpc) is 2.40. The average molecular weight is 288 g/mol. The zero-order valence-corrected chi connectivity index (χ0v) is 12.0. The minimum absolute atomic E-state index is 0.255. The highest BCUT2D eigenvalue weighted by molar-refractivity contribution is 6.30. The van der Waals surface area contributed by atoms with Crippen LogP contribution in [0.25, 0.3) is 0 Å². The second-order valence-corrected chi connectivity index (χ2v) is 4.76. The number of hydrogen-bond acceptors (Lipinski definition) is 4. The number of unbranched alkanes of at least 4 members (excludes halogenated alkanes) is 1. The van der Waals surface area contributed by atoms with Crippen LogP contribution in [0.5, 0.6) is 5.75 Å². The molecule has 1 atom stereocenters. The lowest BCUT2D eigenvalue weighted by Gasteiger charge is -2.13. The first-order valence-corrected chi connectivity index (χ1v) is 6.86. The molecule has 108 valence electrons. The summed E-state index contributed by atoms with van der Waals surface area (Å²) in [5.74, 6) is 0.673. The predicted molar refractivity (Wildman–Crippen MR) is 76.9 cm³/mol. The summed E-state index contributed by atoms with van der Waals surface area (Å²) in [5, 5.41) is 13.5. The van der Waals surface area contributed by atoms with Crippen molar-refractivity contribution in [3.8, 4) is 5.75 Å². The van der Waals surface area contributed by atoms with Gasteiger partial charge in [-0.25, -0.2) is 0 Å². The number of aliphatic hydroxyl groups excluding tert-OH is 1. The standard InChI is InChI=1S/C14H22ClNO3/c1-18-8-3-2-7-16-10-13(17)11-19-14-6-4-5-12(15)9-14/h4-6,9,13,16-17H,2-3,7-8,10-11H2,1H3. The van der Waals surface area contributed by atoms with E-state index in [1.165, 1.54) is 0 Å². The van der Waals surface area contributed by atoms with Crippen molar-refractivity contribution < 1.29 is 14.6 Å². The van der Waals surface area contributed by atoms with Crippen LogP contribution in [0.3, 0.4) is 0 Å². The van der Waals surface area contributed by atoms with Crippen molar-refractivity contribution in [3.05, 3.63) is 29.3 Å². The molecule has 0 saturated heterocycles. The third kappa shape index (κ3) is 8.06. The smallest absolute Gasteiger partial charge is 0.120 e. The molecule has 0 amide bonds. The minimum atomic E-state index is -0.526. The lowest BCUT2D eigenvalue weighted by molar-refractivity contribution is 0.106. The van der Waals surface area contributed by atoms with Crippen molar-refractivity contribution in [2.24, 2.45) is 0 Å². The fourth-order valence-electron chi connectivity index (χ4n) is 1.57. The Labute approximate surface area is 119 Å². The number of benzene rings is 1. The second kappa shape index (κ2) is 10.0. The van der Waals surface area contributed by atoms with E-state index in [0.29, 0.717) is 17.3 Å². The molecule has 1 aromatic carbocycles. The van der Waals surface area contributed by atoms with E-state index < -0.39 is 6.10 Å². The highest BCUT2D eigenvalue weighted by atomic mass is 35.5. The summed E-state index contributed by atoms with van der Waals surface area (Å²) < 4.78 is 10.4. The molecule has 0 spiro atoms. The van der Waals surface area contributed by atoms with Crippen molar-refractivity contribution in [3.63, 3.8) is 0 Å². The molecule has 0 aliphatic rings. The van der Waals surface area contributed by atoms with E-state index in [4.69, 9.17) is 21.1 Å². The third-order valence-corrected chi connectivity index (χ3v) is 2.81. The summed E-state index contributed by atoms with van der Waals surface area (Å²) in [6.07, 6.45) is 1.54. The molecule has 5 heteroatoms. The second-order valence-electron chi connectivity index (χ2n) is 4.33. The maximum absolute atomic E-state index is 9.74. The molecule has 2 N–H and O–H groups in total. The number of methoxy groups -OCH3 is 1. The lowest BCUT2D eigenvalue weighted by atomic mass is 10.3. The summed E-state index contributed by atoms with van der Waals surface area (Å²) in [5.41, 5.74) is 0. The van der Waals surface area contributed by atoms with E-state index >= 15 is 0 Å². The number of aliphatic hydroxyl groups is 1. The molecule has 0 bridgehead atoms. The topological polar surface area (TPSA) is 50.7 Å². The van der Waals surface area contributed by atoms with Gasteiger partial charge in [-0.3, -0.25) is 0 Å². The van der Waals surface area contributed by atoms with Crippen LogP contribution in [-0.2, 0) is 4.74 Å². The molecule has 0 aliphatic carbocycles. The molecular formula is C14H22ClNO3. The Morgan fingerprint density at radius 1 is 1.37 bits per heavy atom. The first-order valence-electron chi connectivity index (χ1n) is 6.48. The van der Waals surface area contributed by atoms with Crippen LogP contribution in [-0.4, -0.2) is 44.6 Å². The molecule has 4 nitrogen and oxygen atoms in total. The Hall–Kier alpha value is -0.810. The van der Waals surface area contributed by atoms with E-state index in [1.807, 2.05) is 12.1 Å². The molecule has 1 aromatic rings. The number of nitrogens with one attached hydrogen (secondary N) is 1. The molecular weight excluding hydrogens is 266 g/mol. The van der Waals surface area contributed by atoms with Gasteiger partial charge in [-0.15, -0.1) is 0 Å². The number of ether oxygens (including phenoxy) is 2. The van der Waals surface area contributed by atoms with Gasteiger partial charge >= 0.3 is 0 Å². The minimum Gasteiger partial charge on any atom is -0.491 e. The summed E-state index contributed by atoms with van der Waals surface area (Å²) in [7, 11) is 1.70. The molecule has 0 saturated carbocycles. The monoisotopic (exact) mass is 287 g/mol. The number of rotatable bonds is 10. The highest BCUT2D eigenvalue weighted by Gasteiger charge is 2.04. The van der Waals surface area contributed by atoms with Crippen LogP contribution < -0.4 is 10.1 Å². The first-order chi connectivity index (χ1) is 9.22. The number of halogens is 1. The molecule has 0 radical (unpaired) electrons. The van der Waals surface area contributed by atoms with Crippen molar-refractivity contribution in [2.45, 2.75) is 18.9 Å². The quantitative estimate of drug-likeness (QED) is 0.647. The Balaban J connectivity index is 2.06. The van der Waals surface area contributed by atoms with Gasteiger partial charge in [0.2, 0.25) is 0 Å². The van der Waals surface area contributed by atoms with Gasteiger partial charge in [-0.2, -0.15) is 0 Å². The molecule has 0 aliphatic heterocycles. The van der Waals surface area contributed by atoms with Gasteiger partial charge in [-0.1, -0.05) is 17.7 Å². The van der Waals surface area contributed by atoms with Crippen LogP contribution in [0.4, 0.5) is 0 Å². The first kappa shape index (κ1) is 16.2. The summed E-state index contributed by atoms with van der Waals surface area (Å²) in [4.78, 5) is 0. The number of hydrogen-bond donors (Lipinski definition) is 2. The van der Waals surface area contributed by atoms with Gasteiger partial charge in [0.1, 0.15) is 18.5 Å². The maximum atomic E-state index is 9.74. The van der Waals surface area contributed by atoms with E-state index in [2.05, 4.69) is 5.32 Å². The molecule has 0 heterocycles. The van der Waals surface area contributed by atoms with Gasteiger partial charge in [0, 0.05) is 25.3 Å². The van der Waals surface area contributed by atoms with Crippen LogP contribution >= 0.6 is 11.6 Å². The zero-order chi connectivity index (χ0) is 13.9. The van der Waals surface area contributed by atoms with Crippen molar-refractivity contribution in [1.82, 2.24) is 5.32 Å².